The summed E-state index contributed by atoms with van der Waals surface area (Å²) in [5.41, 5.74) is 10.1. The average Bonchev–Trinajstić information content (AvgIpc) is 3.35. The lowest BCUT2D eigenvalue weighted by Gasteiger charge is -2.39. The van der Waals surface area contributed by atoms with Crippen LogP contribution in [0.25, 0.3) is 5.57 Å². The van der Waals surface area contributed by atoms with Crippen molar-refractivity contribution in [3.8, 4) is 0 Å². The van der Waals surface area contributed by atoms with Crippen LogP contribution < -0.4 is 5.32 Å². The molecule has 1 saturated carbocycles. The lowest BCUT2D eigenvalue weighted by molar-refractivity contribution is 0.263. The Morgan fingerprint density at radius 1 is 0.533 bits per heavy atom. The van der Waals surface area contributed by atoms with Crippen LogP contribution >= 0.6 is 0 Å². The highest BCUT2D eigenvalue weighted by Crippen LogP contribution is 2.43. The van der Waals surface area contributed by atoms with E-state index in [2.05, 4.69) is 121 Å². The molecule has 9 aliphatic rings. The molecule has 0 aromatic carbocycles. The fourth-order valence-corrected chi connectivity index (χ4v) is 11.8. The molecule has 0 amide bonds. The predicted molar refractivity (Wildman–Crippen MR) is 249 cm³/mol. The molecule has 7 atom stereocenters. The lowest BCUT2D eigenvalue weighted by Crippen LogP contribution is -2.44. The summed E-state index contributed by atoms with van der Waals surface area (Å²) < 4.78 is 0. The summed E-state index contributed by atoms with van der Waals surface area (Å²) in [5, 5.41) is 4.03. The summed E-state index contributed by atoms with van der Waals surface area (Å²) in [6, 6.07) is 0.440. The van der Waals surface area contributed by atoms with Gasteiger partial charge in [0.25, 0.3) is 0 Å². The molecule has 60 heavy (non-hydrogen) atoms. The van der Waals surface area contributed by atoms with Gasteiger partial charge in [0.2, 0.25) is 0 Å². The van der Waals surface area contributed by atoms with Gasteiger partial charge in [-0.05, 0) is 159 Å². The van der Waals surface area contributed by atoms with Gasteiger partial charge in [-0.3, -0.25) is 0 Å². The highest BCUT2D eigenvalue weighted by molar-refractivity contribution is 5.65. The van der Waals surface area contributed by atoms with E-state index in [9.17, 15) is 0 Å². The summed E-state index contributed by atoms with van der Waals surface area (Å²) >= 11 is 0. The summed E-state index contributed by atoms with van der Waals surface area (Å²) in [5.74, 6) is 6.41. The Kier molecular flexibility index (Phi) is 12.4. The minimum absolute atomic E-state index is 0.166. The fraction of sp³-hybridized carbons (Fsp3) is 0.482. The van der Waals surface area contributed by atoms with Gasteiger partial charge in [0, 0.05) is 30.3 Å². The molecule has 1 aromatic heterocycles. The van der Waals surface area contributed by atoms with Crippen LogP contribution in [-0.4, -0.2) is 27.5 Å². The summed E-state index contributed by atoms with van der Waals surface area (Å²) in [4.78, 5) is 15.9. The molecule has 0 saturated heterocycles. The van der Waals surface area contributed by atoms with E-state index in [4.69, 9.17) is 15.0 Å². The van der Waals surface area contributed by atoms with Crippen LogP contribution in [0.3, 0.4) is 0 Å². The van der Waals surface area contributed by atoms with Crippen molar-refractivity contribution in [2.75, 3.05) is 6.54 Å². The first-order valence-corrected chi connectivity index (χ1v) is 24.2. The molecule has 4 nitrogen and oxygen atoms in total. The molecule has 7 unspecified atom stereocenters. The Labute approximate surface area is 360 Å². The van der Waals surface area contributed by atoms with Gasteiger partial charge in [-0.2, -0.15) is 0 Å². The second kappa shape index (κ2) is 18.7. The van der Waals surface area contributed by atoms with Crippen molar-refractivity contribution in [2.24, 2.45) is 29.6 Å². The molecule has 1 N–H and O–H groups in total. The summed E-state index contributed by atoms with van der Waals surface area (Å²) in [6.45, 7) is 1.05. The first kappa shape index (κ1) is 39.7. The van der Waals surface area contributed by atoms with Gasteiger partial charge in [-0.25, -0.2) is 15.0 Å². The van der Waals surface area contributed by atoms with Crippen molar-refractivity contribution in [3.63, 3.8) is 0 Å². The van der Waals surface area contributed by atoms with Gasteiger partial charge in [0.1, 0.15) is 11.6 Å². The fourth-order valence-electron chi connectivity index (χ4n) is 11.8. The third-order valence-corrected chi connectivity index (χ3v) is 15.4. The summed E-state index contributed by atoms with van der Waals surface area (Å²) in [6.07, 6.45) is 67.4. The Morgan fingerprint density at radius 2 is 1.40 bits per heavy atom. The van der Waals surface area contributed by atoms with E-state index < -0.39 is 0 Å². The molecule has 1 aromatic rings. The zero-order valence-corrected chi connectivity index (χ0v) is 35.9. The Bertz CT molecular complexity index is 2180. The smallest absolute Gasteiger partial charge is 0.159 e. The number of hydrogen-bond donors (Lipinski definition) is 1. The van der Waals surface area contributed by atoms with Crippen molar-refractivity contribution >= 4 is 5.57 Å². The van der Waals surface area contributed by atoms with Crippen molar-refractivity contribution in [1.82, 2.24) is 20.3 Å². The van der Waals surface area contributed by atoms with Crippen LogP contribution in [-0.2, 0) is 0 Å². The topological polar surface area (TPSA) is 50.7 Å². The van der Waals surface area contributed by atoms with Gasteiger partial charge >= 0.3 is 0 Å². The Balaban J connectivity index is 0.887. The number of allylic oxidation sites excluding steroid dienone is 23. The third kappa shape index (κ3) is 8.96. The third-order valence-electron chi connectivity index (χ3n) is 15.4. The molecule has 310 valence electrons. The van der Waals surface area contributed by atoms with Crippen molar-refractivity contribution in [1.29, 1.82) is 0 Å². The highest BCUT2D eigenvalue weighted by atomic mass is 15.0. The highest BCUT2D eigenvalue weighted by Gasteiger charge is 2.34. The molecule has 0 radical (unpaired) electrons. The van der Waals surface area contributed by atoms with Crippen LogP contribution in [0, 0.1) is 29.6 Å². The molecular formula is C56H66N4. The monoisotopic (exact) mass is 795 g/mol. The second-order valence-electron chi connectivity index (χ2n) is 19.2. The Hall–Kier alpha value is -4.41. The number of nitrogens with one attached hydrogen (secondary N) is 1. The first-order valence-electron chi connectivity index (χ1n) is 24.2. The minimum Gasteiger partial charge on any atom is -0.309 e. The first-order chi connectivity index (χ1) is 29.7. The van der Waals surface area contributed by atoms with E-state index in [0.29, 0.717) is 23.8 Å². The average molecular weight is 795 g/mol. The van der Waals surface area contributed by atoms with Crippen LogP contribution in [0.15, 0.2) is 149 Å². The molecule has 1 fully saturated rings. The van der Waals surface area contributed by atoms with Gasteiger partial charge in [0.05, 0.1) is 0 Å². The van der Waals surface area contributed by atoms with Gasteiger partial charge in [-0.15, -0.1) is 0 Å². The molecule has 4 heteroatoms. The molecular weight excluding hydrogens is 729 g/mol. The van der Waals surface area contributed by atoms with Crippen molar-refractivity contribution < 1.29 is 0 Å². The van der Waals surface area contributed by atoms with E-state index in [1.165, 1.54) is 85.7 Å². The lowest BCUT2D eigenvalue weighted by atomic mass is 9.71. The van der Waals surface area contributed by atoms with E-state index in [1.54, 1.807) is 11.1 Å². The van der Waals surface area contributed by atoms with E-state index in [1.807, 2.05) is 0 Å². The quantitative estimate of drug-likeness (QED) is 0.253. The van der Waals surface area contributed by atoms with Crippen LogP contribution in [0.4, 0.5) is 0 Å². The van der Waals surface area contributed by atoms with E-state index in [-0.39, 0.29) is 11.8 Å². The number of aromatic nitrogens is 3. The predicted octanol–water partition coefficient (Wildman–Crippen LogP) is 13.5. The van der Waals surface area contributed by atoms with Crippen LogP contribution in [0.1, 0.15) is 145 Å². The molecule has 1 aliphatic heterocycles. The number of rotatable bonds is 9. The van der Waals surface area contributed by atoms with Crippen LogP contribution in [0.5, 0.6) is 0 Å². The van der Waals surface area contributed by atoms with Crippen LogP contribution in [0.2, 0.25) is 0 Å². The van der Waals surface area contributed by atoms with Crippen molar-refractivity contribution in [2.45, 2.75) is 133 Å². The summed E-state index contributed by atoms with van der Waals surface area (Å²) in [7, 11) is 0. The van der Waals surface area contributed by atoms with Crippen molar-refractivity contribution in [3.05, 3.63) is 166 Å². The zero-order chi connectivity index (χ0) is 40.1. The van der Waals surface area contributed by atoms with E-state index in [0.717, 1.165) is 93.6 Å². The maximum atomic E-state index is 5.32. The van der Waals surface area contributed by atoms with E-state index >= 15 is 0 Å². The maximum Gasteiger partial charge on any atom is 0.159 e. The largest absolute Gasteiger partial charge is 0.309 e. The molecule has 2 heterocycles. The zero-order valence-electron chi connectivity index (χ0n) is 35.9. The maximum absolute atomic E-state index is 5.32. The SMILES string of the molecule is C1=CCCC(C2=CC(C3C=CCCC3)NCC2C2C=CC=C(C3=CC=C(c4nc(C5C=CC(C6=CCCC=C6)=CC5)nc(C5C=CC(C6CCCCC6)CC5)n4)CC3)C2)=C1. The Morgan fingerprint density at radius 3 is 2.15 bits per heavy atom. The number of hydrogen-bond acceptors (Lipinski definition) is 4. The molecule has 0 spiro atoms. The standard InChI is InChI=1S/C56H66N4/c1-5-14-39(15-6-1)41-24-30-46(31-25-41)54-58-55(47-32-26-42(27-33-47)40-16-7-2-8-17-40)60-56(59-54)48-34-28-43(29-35-48)49-22-13-23-50(36-49)52-38-57-53(45-20-11-4-12-21-45)37-51(52)44-18-9-3-10-19-44/h3,5,9,11,13-15,18,20,22-26,28,30,32,34,37,40,42,45-47,50,52-53,57H,1-2,4,6-8,10,12,16-17,19,21,27,29,31,33,35-36,38H2. The molecule has 0 bridgehead atoms. The van der Waals surface area contributed by atoms with Gasteiger partial charge < -0.3 is 5.32 Å². The minimum atomic E-state index is 0.166. The molecule has 10 rings (SSSR count). The number of nitrogens with zero attached hydrogens (tertiary/aromatic N) is 3. The van der Waals surface area contributed by atoms with Gasteiger partial charge in [0.15, 0.2) is 5.82 Å². The normalized spacial score (nSPS) is 32.1. The second-order valence-corrected chi connectivity index (χ2v) is 19.2. The van der Waals surface area contributed by atoms with Gasteiger partial charge in [-0.1, -0.05) is 135 Å². The molecule has 8 aliphatic carbocycles.